The van der Waals surface area contributed by atoms with E-state index in [9.17, 15) is 0 Å². The fourth-order valence-corrected chi connectivity index (χ4v) is 3.41. The number of likely N-dealkylation sites (tertiary alicyclic amines) is 1. The predicted molar refractivity (Wildman–Crippen MR) is 80.7 cm³/mol. The molecule has 1 N–H and O–H groups in total. The lowest BCUT2D eigenvalue weighted by atomic mass is 9.94. The molecule has 0 saturated carbocycles. The molecule has 0 unspecified atom stereocenters. The van der Waals surface area contributed by atoms with Crippen LogP contribution in [0.3, 0.4) is 0 Å². The molecule has 19 heavy (non-hydrogen) atoms. The smallest absolute Gasteiger partial charge is 0.138 e. The Bertz CT molecular complexity index is 531. The molecule has 3 heterocycles. The Morgan fingerprint density at radius 1 is 1.37 bits per heavy atom. The first-order chi connectivity index (χ1) is 9.33. The van der Waals surface area contributed by atoms with Crippen LogP contribution in [0.4, 0.5) is 5.82 Å². The van der Waals surface area contributed by atoms with Gasteiger partial charge in [0.05, 0.1) is 5.39 Å². The van der Waals surface area contributed by atoms with Crippen LogP contribution in [0.15, 0.2) is 17.8 Å². The second-order valence-electron chi connectivity index (χ2n) is 5.32. The van der Waals surface area contributed by atoms with Gasteiger partial charge in [-0.05, 0) is 56.8 Å². The van der Waals surface area contributed by atoms with Crippen LogP contribution in [-0.4, -0.2) is 41.5 Å². The number of aromatic nitrogens is 2. The van der Waals surface area contributed by atoms with E-state index in [1.54, 1.807) is 17.7 Å². The van der Waals surface area contributed by atoms with E-state index >= 15 is 0 Å². The normalized spacial score (nSPS) is 17.9. The van der Waals surface area contributed by atoms with Crippen molar-refractivity contribution in [2.24, 2.45) is 5.92 Å². The fourth-order valence-electron chi connectivity index (χ4n) is 2.68. The molecule has 1 aliphatic heterocycles. The third-order valence-corrected chi connectivity index (χ3v) is 4.77. The summed E-state index contributed by atoms with van der Waals surface area (Å²) in [7, 11) is 2.21. The van der Waals surface area contributed by atoms with Gasteiger partial charge in [0.15, 0.2) is 0 Å². The van der Waals surface area contributed by atoms with Crippen LogP contribution in [0.1, 0.15) is 19.3 Å². The first-order valence-electron chi connectivity index (χ1n) is 6.93. The topological polar surface area (TPSA) is 41.0 Å². The quantitative estimate of drug-likeness (QED) is 0.932. The summed E-state index contributed by atoms with van der Waals surface area (Å²) in [5.74, 6) is 1.85. The molecule has 0 amide bonds. The van der Waals surface area contributed by atoms with E-state index in [2.05, 4.69) is 38.7 Å². The Kier molecular flexibility index (Phi) is 3.94. The lowest BCUT2D eigenvalue weighted by Crippen LogP contribution is -2.30. The highest BCUT2D eigenvalue weighted by Crippen LogP contribution is 2.24. The predicted octanol–water partition coefficient (Wildman–Crippen LogP) is 2.84. The molecule has 0 radical (unpaired) electrons. The zero-order valence-electron chi connectivity index (χ0n) is 11.3. The van der Waals surface area contributed by atoms with Crippen molar-refractivity contribution in [2.45, 2.75) is 19.3 Å². The summed E-state index contributed by atoms with van der Waals surface area (Å²) >= 11 is 1.67. The van der Waals surface area contributed by atoms with E-state index in [1.165, 1.54) is 32.4 Å². The number of piperidine rings is 1. The Morgan fingerprint density at radius 2 is 2.21 bits per heavy atom. The van der Waals surface area contributed by atoms with Crippen molar-refractivity contribution < 1.29 is 0 Å². The third kappa shape index (κ3) is 3.04. The van der Waals surface area contributed by atoms with Gasteiger partial charge in [-0.25, -0.2) is 9.97 Å². The number of anilines is 1. The minimum atomic E-state index is 0.864. The first-order valence-corrected chi connectivity index (χ1v) is 7.81. The van der Waals surface area contributed by atoms with Crippen LogP contribution in [0, 0.1) is 5.92 Å². The summed E-state index contributed by atoms with van der Waals surface area (Å²) < 4.78 is 0. The number of fused-ring (bicyclic) bond motifs is 1. The number of nitrogens with one attached hydrogen (secondary N) is 1. The van der Waals surface area contributed by atoms with Crippen LogP contribution >= 0.6 is 11.3 Å². The molecular weight excluding hydrogens is 256 g/mol. The van der Waals surface area contributed by atoms with Crippen LogP contribution in [0.2, 0.25) is 0 Å². The average Bonchev–Trinajstić information content (AvgIpc) is 2.90. The number of nitrogens with zero attached hydrogens (tertiary/aromatic N) is 3. The summed E-state index contributed by atoms with van der Waals surface area (Å²) in [4.78, 5) is 12.1. The van der Waals surface area contributed by atoms with Crippen molar-refractivity contribution in [3.05, 3.63) is 17.8 Å². The van der Waals surface area contributed by atoms with Gasteiger partial charge < -0.3 is 10.2 Å². The minimum Gasteiger partial charge on any atom is -0.369 e. The number of hydrogen-bond donors (Lipinski definition) is 1. The third-order valence-electron chi connectivity index (χ3n) is 3.94. The molecule has 1 saturated heterocycles. The molecule has 0 aliphatic carbocycles. The molecule has 0 aromatic carbocycles. The summed E-state index contributed by atoms with van der Waals surface area (Å²) in [6.07, 6.45) is 5.55. The van der Waals surface area contributed by atoms with Gasteiger partial charge >= 0.3 is 0 Å². The first kappa shape index (κ1) is 12.8. The van der Waals surface area contributed by atoms with Crippen molar-refractivity contribution in [1.82, 2.24) is 14.9 Å². The summed E-state index contributed by atoms with van der Waals surface area (Å²) in [6.45, 7) is 3.50. The van der Waals surface area contributed by atoms with Gasteiger partial charge in [-0.3, -0.25) is 0 Å². The molecule has 2 aromatic rings. The van der Waals surface area contributed by atoms with Gasteiger partial charge in [0.25, 0.3) is 0 Å². The molecule has 0 bridgehead atoms. The Balaban J connectivity index is 1.53. The molecule has 1 fully saturated rings. The number of rotatable bonds is 4. The fraction of sp³-hybridized carbons (Fsp3) is 0.571. The molecule has 0 atom stereocenters. The molecule has 4 nitrogen and oxygen atoms in total. The Morgan fingerprint density at radius 3 is 3.05 bits per heavy atom. The van der Waals surface area contributed by atoms with E-state index in [4.69, 9.17) is 0 Å². The SMILES string of the molecule is CN1CCC(CCNc2ncnc3sccc23)CC1. The molecule has 0 spiro atoms. The van der Waals surface area contributed by atoms with Crippen LogP contribution in [0.5, 0.6) is 0 Å². The summed E-state index contributed by atoms with van der Waals surface area (Å²) in [6, 6.07) is 2.10. The van der Waals surface area contributed by atoms with E-state index in [0.29, 0.717) is 0 Å². The maximum Gasteiger partial charge on any atom is 0.138 e. The van der Waals surface area contributed by atoms with Gasteiger partial charge in [-0.1, -0.05) is 0 Å². The zero-order valence-corrected chi connectivity index (χ0v) is 12.1. The highest BCUT2D eigenvalue weighted by molar-refractivity contribution is 7.16. The van der Waals surface area contributed by atoms with Crippen molar-refractivity contribution in [1.29, 1.82) is 0 Å². The molecule has 5 heteroatoms. The summed E-state index contributed by atoms with van der Waals surface area (Å²) in [5.41, 5.74) is 0. The van der Waals surface area contributed by atoms with Crippen molar-refractivity contribution in [2.75, 3.05) is 32.0 Å². The van der Waals surface area contributed by atoms with E-state index in [0.717, 1.165) is 28.5 Å². The zero-order chi connectivity index (χ0) is 13.1. The second kappa shape index (κ2) is 5.84. The molecule has 3 rings (SSSR count). The van der Waals surface area contributed by atoms with Gasteiger partial charge in [-0.15, -0.1) is 11.3 Å². The molecule has 1 aliphatic rings. The van der Waals surface area contributed by atoms with E-state index in [1.807, 2.05) is 0 Å². The summed E-state index contributed by atoms with van der Waals surface area (Å²) in [5, 5.41) is 6.69. The molecule has 102 valence electrons. The monoisotopic (exact) mass is 276 g/mol. The van der Waals surface area contributed by atoms with E-state index in [-0.39, 0.29) is 0 Å². The van der Waals surface area contributed by atoms with Crippen LogP contribution in [-0.2, 0) is 0 Å². The molecular formula is C14H20N4S. The standard InChI is InChI=1S/C14H20N4S/c1-18-7-3-11(4-8-18)2-6-15-13-12-5-9-19-14(12)17-10-16-13/h5,9-11H,2-4,6-8H2,1H3,(H,15,16,17). The average molecular weight is 276 g/mol. The highest BCUT2D eigenvalue weighted by Gasteiger charge is 2.16. The van der Waals surface area contributed by atoms with Gasteiger partial charge in [0, 0.05) is 6.54 Å². The van der Waals surface area contributed by atoms with Crippen LogP contribution < -0.4 is 5.32 Å². The second-order valence-corrected chi connectivity index (χ2v) is 6.22. The maximum atomic E-state index is 4.35. The van der Waals surface area contributed by atoms with E-state index < -0.39 is 0 Å². The highest BCUT2D eigenvalue weighted by atomic mass is 32.1. The lowest BCUT2D eigenvalue weighted by Gasteiger charge is -2.28. The van der Waals surface area contributed by atoms with Gasteiger partial charge in [0.2, 0.25) is 0 Å². The number of hydrogen-bond acceptors (Lipinski definition) is 5. The van der Waals surface area contributed by atoms with Gasteiger partial charge in [-0.2, -0.15) is 0 Å². The lowest BCUT2D eigenvalue weighted by molar-refractivity contribution is 0.215. The van der Waals surface area contributed by atoms with Crippen molar-refractivity contribution in [3.63, 3.8) is 0 Å². The Hall–Kier alpha value is -1.20. The van der Waals surface area contributed by atoms with Gasteiger partial charge in [0.1, 0.15) is 17.0 Å². The van der Waals surface area contributed by atoms with Crippen molar-refractivity contribution in [3.8, 4) is 0 Å². The maximum absolute atomic E-state index is 4.35. The number of thiophene rings is 1. The Labute approximate surface area is 117 Å². The minimum absolute atomic E-state index is 0.864. The van der Waals surface area contributed by atoms with Crippen molar-refractivity contribution >= 4 is 27.4 Å². The van der Waals surface area contributed by atoms with Crippen LogP contribution in [0.25, 0.3) is 10.2 Å². The largest absolute Gasteiger partial charge is 0.369 e. The molecule has 2 aromatic heterocycles.